The van der Waals surface area contributed by atoms with Crippen LogP contribution in [0.4, 0.5) is 0 Å². The van der Waals surface area contributed by atoms with E-state index in [0.29, 0.717) is 19.8 Å². The lowest BCUT2D eigenvalue weighted by Crippen LogP contribution is -2.11. The van der Waals surface area contributed by atoms with Gasteiger partial charge in [-0.1, -0.05) is 18.2 Å². The van der Waals surface area contributed by atoms with Crippen molar-refractivity contribution in [1.29, 1.82) is 0 Å². The van der Waals surface area contributed by atoms with Crippen molar-refractivity contribution < 1.29 is 9.47 Å². The first-order valence-electron chi connectivity index (χ1n) is 5.82. The molecule has 0 fully saturated rings. The van der Waals surface area contributed by atoms with Crippen molar-refractivity contribution in [2.75, 3.05) is 26.9 Å². The van der Waals surface area contributed by atoms with Crippen molar-refractivity contribution in [3.8, 4) is 0 Å². The number of hydrogen-bond donors (Lipinski definition) is 0. The molecule has 0 aliphatic carbocycles. The third kappa shape index (κ3) is 2.84. The van der Waals surface area contributed by atoms with Crippen molar-refractivity contribution in [2.45, 2.75) is 13.5 Å². The third-order valence-electron chi connectivity index (χ3n) is 2.79. The van der Waals surface area contributed by atoms with Crippen LogP contribution in [-0.2, 0) is 16.0 Å². The minimum Gasteiger partial charge on any atom is -0.382 e. The lowest BCUT2D eigenvalue weighted by atomic mass is 10.2. The zero-order valence-corrected chi connectivity index (χ0v) is 10.3. The van der Waals surface area contributed by atoms with Gasteiger partial charge in [0.25, 0.3) is 0 Å². The SMILES string of the molecule is COCCOCCn1nc2ccccc2c1C. The maximum Gasteiger partial charge on any atom is 0.0926 e. The molecule has 1 aromatic carbocycles. The fourth-order valence-corrected chi connectivity index (χ4v) is 1.82. The molecule has 4 nitrogen and oxygen atoms in total. The Hall–Kier alpha value is -1.39. The van der Waals surface area contributed by atoms with Crippen LogP contribution in [0.3, 0.4) is 0 Å². The number of nitrogens with zero attached hydrogens (tertiary/aromatic N) is 2. The largest absolute Gasteiger partial charge is 0.382 e. The van der Waals surface area contributed by atoms with Crippen LogP contribution in [0.1, 0.15) is 5.69 Å². The summed E-state index contributed by atoms with van der Waals surface area (Å²) in [6, 6.07) is 8.18. The van der Waals surface area contributed by atoms with Crippen LogP contribution in [0.25, 0.3) is 10.9 Å². The van der Waals surface area contributed by atoms with E-state index in [-0.39, 0.29) is 0 Å². The second-order valence-corrected chi connectivity index (χ2v) is 3.93. The number of methoxy groups -OCH3 is 1. The average Bonchev–Trinajstić information content (AvgIpc) is 2.67. The summed E-state index contributed by atoms with van der Waals surface area (Å²) in [4.78, 5) is 0. The van der Waals surface area contributed by atoms with E-state index in [2.05, 4.69) is 18.1 Å². The Kier molecular flexibility index (Phi) is 4.12. The standard InChI is InChI=1S/C13H18N2O2/c1-11-12-5-3-4-6-13(12)14-15(11)7-8-17-10-9-16-2/h3-6H,7-10H2,1-2H3. The van der Waals surface area contributed by atoms with E-state index in [1.165, 1.54) is 11.1 Å². The van der Waals surface area contributed by atoms with Crippen LogP contribution in [0.2, 0.25) is 0 Å². The second kappa shape index (κ2) is 5.80. The molecule has 0 N–H and O–H groups in total. The smallest absolute Gasteiger partial charge is 0.0926 e. The molecule has 2 rings (SSSR count). The zero-order chi connectivity index (χ0) is 12.1. The maximum atomic E-state index is 5.44. The third-order valence-corrected chi connectivity index (χ3v) is 2.79. The lowest BCUT2D eigenvalue weighted by molar-refractivity contribution is 0.0653. The summed E-state index contributed by atoms with van der Waals surface area (Å²) in [7, 11) is 1.67. The maximum absolute atomic E-state index is 5.44. The van der Waals surface area contributed by atoms with Crippen LogP contribution in [0.15, 0.2) is 24.3 Å². The molecule has 0 saturated heterocycles. The summed E-state index contributed by atoms with van der Waals surface area (Å²) < 4.78 is 12.4. The van der Waals surface area contributed by atoms with Crippen molar-refractivity contribution in [3.05, 3.63) is 30.0 Å². The van der Waals surface area contributed by atoms with E-state index < -0.39 is 0 Å². The molecule has 0 atom stereocenters. The first kappa shape index (κ1) is 12.1. The van der Waals surface area contributed by atoms with Crippen LogP contribution in [-0.4, -0.2) is 36.7 Å². The van der Waals surface area contributed by atoms with Crippen LogP contribution in [0.5, 0.6) is 0 Å². The minimum atomic E-state index is 0.635. The quantitative estimate of drug-likeness (QED) is 0.717. The molecule has 17 heavy (non-hydrogen) atoms. The van der Waals surface area contributed by atoms with E-state index in [0.717, 1.165) is 12.1 Å². The molecule has 0 unspecified atom stereocenters. The first-order valence-corrected chi connectivity index (χ1v) is 5.82. The highest BCUT2D eigenvalue weighted by Crippen LogP contribution is 2.16. The monoisotopic (exact) mass is 234 g/mol. The highest BCUT2D eigenvalue weighted by molar-refractivity contribution is 5.81. The van der Waals surface area contributed by atoms with Gasteiger partial charge in [-0.05, 0) is 13.0 Å². The number of rotatable bonds is 6. The van der Waals surface area contributed by atoms with Gasteiger partial charge in [-0.15, -0.1) is 0 Å². The van der Waals surface area contributed by atoms with Gasteiger partial charge in [-0.3, -0.25) is 4.68 Å². The van der Waals surface area contributed by atoms with Crippen LogP contribution in [0, 0.1) is 6.92 Å². The van der Waals surface area contributed by atoms with Gasteiger partial charge in [0.2, 0.25) is 0 Å². The van der Waals surface area contributed by atoms with Crippen LogP contribution >= 0.6 is 0 Å². The van der Waals surface area contributed by atoms with Crippen molar-refractivity contribution >= 4 is 10.9 Å². The molecule has 0 bridgehead atoms. The number of aryl methyl sites for hydroxylation is 1. The van der Waals surface area contributed by atoms with Crippen molar-refractivity contribution in [2.24, 2.45) is 0 Å². The van der Waals surface area contributed by atoms with Gasteiger partial charge in [0.1, 0.15) is 0 Å². The molecule has 0 aliphatic heterocycles. The molecular weight excluding hydrogens is 216 g/mol. The second-order valence-electron chi connectivity index (χ2n) is 3.93. The summed E-state index contributed by atoms with van der Waals surface area (Å²) in [5, 5.41) is 5.75. The molecule has 2 aromatic rings. The molecule has 1 heterocycles. The summed E-state index contributed by atoms with van der Waals surface area (Å²) in [5.74, 6) is 0. The van der Waals surface area contributed by atoms with Crippen molar-refractivity contribution in [3.63, 3.8) is 0 Å². The predicted octanol–water partition coefficient (Wildman–Crippen LogP) is 2.01. The van der Waals surface area contributed by atoms with E-state index in [9.17, 15) is 0 Å². The minimum absolute atomic E-state index is 0.635. The summed E-state index contributed by atoms with van der Waals surface area (Å²) in [6.45, 7) is 4.81. The molecule has 0 aliphatic rings. The Bertz CT molecular complexity index is 479. The topological polar surface area (TPSA) is 36.3 Å². The van der Waals surface area contributed by atoms with Gasteiger partial charge < -0.3 is 9.47 Å². The molecule has 4 heteroatoms. The average molecular weight is 234 g/mol. The lowest BCUT2D eigenvalue weighted by Gasteiger charge is -2.05. The van der Waals surface area contributed by atoms with E-state index in [4.69, 9.17) is 9.47 Å². The van der Waals surface area contributed by atoms with Gasteiger partial charge in [0.05, 0.1) is 31.9 Å². The number of hydrogen-bond acceptors (Lipinski definition) is 3. The summed E-state index contributed by atoms with van der Waals surface area (Å²) in [5.41, 5.74) is 2.23. The first-order chi connectivity index (χ1) is 8.33. The molecule has 0 amide bonds. The number of ether oxygens (including phenoxy) is 2. The van der Waals surface area contributed by atoms with Gasteiger partial charge in [-0.25, -0.2) is 0 Å². The highest BCUT2D eigenvalue weighted by Gasteiger charge is 2.05. The Morgan fingerprint density at radius 3 is 2.76 bits per heavy atom. The fraction of sp³-hybridized carbons (Fsp3) is 0.462. The molecule has 0 saturated carbocycles. The van der Waals surface area contributed by atoms with Crippen molar-refractivity contribution in [1.82, 2.24) is 9.78 Å². The zero-order valence-electron chi connectivity index (χ0n) is 10.3. The van der Waals surface area contributed by atoms with Crippen LogP contribution < -0.4 is 0 Å². The van der Waals surface area contributed by atoms with Gasteiger partial charge in [0.15, 0.2) is 0 Å². The van der Waals surface area contributed by atoms with Gasteiger partial charge in [-0.2, -0.15) is 5.10 Å². The number of fused-ring (bicyclic) bond motifs is 1. The van der Waals surface area contributed by atoms with E-state index in [1.807, 2.05) is 22.9 Å². The molecule has 0 spiro atoms. The Labute approximate surface area is 101 Å². The summed E-state index contributed by atoms with van der Waals surface area (Å²) in [6.07, 6.45) is 0. The highest BCUT2D eigenvalue weighted by atomic mass is 16.5. The predicted molar refractivity (Wildman–Crippen MR) is 67.2 cm³/mol. The molecule has 92 valence electrons. The fourth-order valence-electron chi connectivity index (χ4n) is 1.82. The Morgan fingerprint density at radius 2 is 2.00 bits per heavy atom. The molecular formula is C13H18N2O2. The van der Waals surface area contributed by atoms with Gasteiger partial charge >= 0.3 is 0 Å². The molecule has 0 radical (unpaired) electrons. The number of aromatic nitrogens is 2. The molecule has 1 aromatic heterocycles. The van der Waals surface area contributed by atoms with E-state index in [1.54, 1.807) is 7.11 Å². The normalized spacial score (nSPS) is 11.2. The number of benzene rings is 1. The Morgan fingerprint density at radius 1 is 1.18 bits per heavy atom. The summed E-state index contributed by atoms with van der Waals surface area (Å²) >= 11 is 0. The van der Waals surface area contributed by atoms with Gasteiger partial charge in [0, 0.05) is 18.2 Å². The van der Waals surface area contributed by atoms with E-state index >= 15 is 0 Å². The Balaban J connectivity index is 1.97.